The van der Waals surface area contributed by atoms with E-state index >= 15 is 0 Å². The lowest BCUT2D eigenvalue weighted by molar-refractivity contribution is 0.184. The molecule has 0 unspecified atom stereocenters. The second-order valence-corrected chi connectivity index (χ2v) is 5.23. The van der Waals surface area contributed by atoms with Crippen LogP contribution in [0.15, 0.2) is 0 Å². The second-order valence-electron chi connectivity index (χ2n) is 3.78. The highest BCUT2D eigenvalue weighted by atomic mass is 32.2. The van der Waals surface area contributed by atoms with E-state index in [-0.39, 0.29) is 0 Å². The number of hydrogen-bond acceptors (Lipinski definition) is 2. The van der Waals surface area contributed by atoms with Gasteiger partial charge >= 0.3 is 0 Å². The summed E-state index contributed by atoms with van der Waals surface area (Å²) in [5, 5.41) is 0. The molecule has 0 aromatic heterocycles. The van der Waals surface area contributed by atoms with Crippen molar-refractivity contribution < 1.29 is 0 Å². The van der Waals surface area contributed by atoms with Crippen LogP contribution < -0.4 is 0 Å². The number of nitrogens with zero attached hydrogens (tertiary/aromatic N) is 1. The van der Waals surface area contributed by atoms with Gasteiger partial charge in [0.05, 0.1) is 4.87 Å². The third-order valence-electron chi connectivity index (χ3n) is 3.13. The molecule has 0 atom stereocenters. The summed E-state index contributed by atoms with van der Waals surface area (Å²) >= 11 is 2.20. The number of thioether (sulfide) groups is 1. The average Bonchev–Trinajstić information content (AvgIpc) is 2.36. The topological polar surface area (TPSA) is 3.24 Å². The van der Waals surface area contributed by atoms with Gasteiger partial charge in [0.1, 0.15) is 0 Å². The lowest BCUT2D eigenvalue weighted by Crippen LogP contribution is -2.40. The first kappa shape index (κ1) is 7.93. The Bertz CT molecular complexity index is 140. The Kier molecular flexibility index (Phi) is 2.15. The lowest BCUT2D eigenvalue weighted by atomic mass is 9.94. The predicted octanol–water partition coefficient (Wildman–Crippen LogP) is 2.33. The Labute approximate surface area is 73.5 Å². The summed E-state index contributed by atoms with van der Waals surface area (Å²) < 4.78 is 0. The zero-order valence-electron chi connectivity index (χ0n) is 7.31. The molecular weight excluding hydrogens is 154 g/mol. The largest absolute Gasteiger partial charge is 0.291 e. The van der Waals surface area contributed by atoms with Gasteiger partial charge in [-0.25, -0.2) is 0 Å². The van der Waals surface area contributed by atoms with E-state index in [0.717, 1.165) is 0 Å². The van der Waals surface area contributed by atoms with Gasteiger partial charge in [0.2, 0.25) is 0 Å². The third-order valence-corrected chi connectivity index (χ3v) is 4.77. The zero-order chi connectivity index (χ0) is 7.73. The molecule has 1 spiro atoms. The minimum Gasteiger partial charge on any atom is -0.291 e. The second kappa shape index (κ2) is 2.98. The van der Waals surface area contributed by atoms with Crippen LogP contribution in [0.5, 0.6) is 0 Å². The highest BCUT2D eigenvalue weighted by Crippen LogP contribution is 2.45. The molecule has 1 aliphatic carbocycles. The van der Waals surface area contributed by atoms with E-state index in [1.807, 2.05) is 0 Å². The molecule has 2 rings (SSSR count). The van der Waals surface area contributed by atoms with Crippen LogP contribution in [0.4, 0.5) is 0 Å². The van der Waals surface area contributed by atoms with Crippen LogP contribution in [-0.2, 0) is 0 Å². The fourth-order valence-corrected chi connectivity index (χ4v) is 3.95. The Morgan fingerprint density at radius 2 is 1.91 bits per heavy atom. The molecule has 1 saturated heterocycles. The van der Waals surface area contributed by atoms with Crippen molar-refractivity contribution >= 4 is 11.8 Å². The van der Waals surface area contributed by atoms with Crippen molar-refractivity contribution in [1.82, 2.24) is 4.90 Å². The summed E-state index contributed by atoms with van der Waals surface area (Å²) in [4.78, 5) is 3.16. The summed E-state index contributed by atoms with van der Waals surface area (Å²) in [6, 6.07) is 0. The Morgan fingerprint density at radius 3 is 2.45 bits per heavy atom. The van der Waals surface area contributed by atoms with Gasteiger partial charge in [0.15, 0.2) is 0 Å². The van der Waals surface area contributed by atoms with E-state index in [2.05, 4.69) is 23.7 Å². The fraction of sp³-hybridized carbons (Fsp3) is 1.00. The van der Waals surface area contributed by atoms with Gasteiger partial charge in [0, 0.05) is 12.3 Å². The standard InChI is InChI=1S/C9H17NS/c1-10-7-8-11-9(10)5-3-2-4-6-9/h2-8H2,1H3. The third kappa shape index (κ3) is 1.31. The molecule has 2 aliphatic rings. The Morgan fingerprint density at radius 1 is 1.18 bits per heavy atom. The maximum atomic E-state index is 2.58. The quantitative estimate of drug-likeness (QED) is 0.550. The fourth-order valence-electron chi connectivity index (χ4n) is 2.32. The van der Waals surface area contributed by atoms with Crippen LogP contribution >= 0.6 is 11.8 Å². The highest BCUT2D eigenvalue weighted by Gasteiger charge is 2.39. The van der Waals surface area contributed by atoms with Gasteiger partial charge in [-0.15, -0.1) is 11.8 Å². The lowest BCUT2D eigenvalue weighted by Gasteiger charge is -2.38. The summed E-state index contributed by atoms with van der Waals surface area (Å²) in [5.41, 5.74) is 0. The van der Waals surface area contributed by atoms with Gasteiger partial charge in [-0.3, -0.25) is 4.90 Å². The molecule has 0 aromatic carbocycles. The van der Waals surface area contributed by atoms with Crippen LogP contribution in [0.25, 0.3) is 0 Å². The van der Waals surface area contributed by atoms with Gasteiger partial charge in [-0.2, -0.15) is 0 Å². The maximum absolute atomic E-state index is 2.58. The molecule has 2 fully saturated rings. The van der Waals surface area contributed by atoms with Crippen LogP contribution in [0.1, 0.15) is 32.1 Å². The van der Waals surface area contributed by atoms with Gasteiger partial charge in [0.25, 0.3) is 0 Å². The first-order valence-electron chi connectivity index (χ1n) is 4.69. The van der Waals surface area contributed by atoms with E-state index in [1.54, 1.807) is 0 Å². The summed E-state index contributed by atoms with van der Waals surface area (Å²) in [7, 11) is 2.30. The van der Waals surface area contributed by atoms with Crippen LogP contribution in [-0.4, -0.2) is 29.1 Å². The smallest absolute Gasteiger partial charge is 0.0668 e. The molecule has 1 heterocycles. The SMILES string of the molecule is CN1CCSC12CCCCC2. The van der Waals surface area contributed by atoms with Crippen LogP contribution in [0.3, 0.4) is 0 Å². The molecule has 0 radical (unpaired) electrons. The van der Waals surface area contributed by atoms with E-state index in [4.69, 9.17) is 0 Å². The first-order valence-corrected chi connectivity index (χ1v) is 5.67. The van der Waals surface area contributed by atoms with Crippen molar-refractivity contribution in [2.24, 2.45) is 0 Å². The first-order chi connectivity index (χ1) is 5.33. The molecule has 1 nitrogen and oxygen atoms in total. The molecule has 64 valence electrons. The molecule has 0 aromatic rings. The van der Waals surface area contributed by atoms with Gasteiger partial charge in [-0.05, 0) is 19.9 Å². The van der Waals surface area contributed by atoms with Crippen molar-refractivity contribution in [3.8, 4) is 0 Å². The summed E-state index contributed by atoms with van der Waals surface area (Å²) in [5.74, 6) is 1.36. The van der Waals surface area contributed by atoms with Gasteiger partial charge in [-0.1, -0.05) is 19.3 Å². The molecule has 1 aliphatic heterocycles. The molecular formula is C9H17NS. The van der Waals surface area contributed by atoms with Gasteiger partial charge < -0.3 is 0 Å². The van der Waals surface area contributed by atoms with Crippen molar-refractivity contribution in [3.05, 3.63) is 0 Å². The monoisotopic (exact) mass is 171 g/mol. The zero-order valence-corrected chi connectivity index (χ0v) is 8.12. The molecule has 0 amide bonds. The van der Waals surface area contributed by atoms with Crippen molar-refractivity contribution in [2.75, 3.05) is 19.3 Å². The molecule has 2 heteroatoms. The van der Waals surface area contributed by atoms with Crippen molar-refractivity contribution in [3.63, 3.8) is 0 Å². The molecule has 0 bridgehead atoms. The van der Waals surface area contributed by atoms with Crippen molar-refractivity contribution in [1.29, 1.82) is 0 Å². The molecule has 1 saturated carbocycles. The minimum absolute atomic E-state index is 0.582. The van der Waals surface area contributed by atoms with Crippen LogP contribution in [0, 0.1) is 0 Å². The Balaban J connectivity index is 2.06. The normalized spacial score (nSPS) is 31.4. The number of hydrogen-bond donors (Lipinski definition) is 0. The van der Waals surface area contributed by atoms with Crippen LogP contribution in [0.2, 0.25) is 0 Å². The van der Waals surface area contributed by atoms with Crippen molar-refractivity contribution in [2.45, 2.75) is 37.0 Å². The number of rotatable bonds is 0. The van der Waals surface area contributed by atoms with E-state index in [0.29, 0.717) is 4.87 Å². The summed E-state index contributed by atoms with van der Waals surface area (Å²) in [6.45, 7) is 1.31. The summed E-state index contributed by atoms with van der Waals surface area (Å²) in [6.07, 6.45) is 7.26. The van der Waals surface area contributed by atoms with E-state index < -0.39 is 0 Å². The molecule has 11 heavy (non-hydrogen) atoms. The highest BCUT2D eigenvalue weighted by molar-refractivity contribution is 8.00. The molecule has 0 N–H and O–H groups in total. The minimum atomic E-state index is 0.582. The predicted molar refractivity (Wildman–Crippen MR) is 50.9 cm³/mol. The van der Waals surface area contributed by atoms with E-state index in [9.17, 15) is 0 Å². The maximum Gasteiger partial charge on any atom is 0.0668 e. The van der Waals surface area contributed by atoms with E-state index in [1.165, 1.54) is 44.4 Å². The Hall–Kier alpha value is 0.310. The average molecular weight is 171 g/mol.